The van der Waals surface area contributed by atoms with E-state index < -0.39 is 17.6 Å². The summed E-state index contributed by atoms with van der Waals surface area (Å²) in [6.07, 6.45) is 5.12. The second kappa shape index (κ2) is 8.63. The minimum absolute atomic E-state index is 0.0197. The van der Waals surface area contributed by atoms with Gasteiger partial charge < -0.3 is 20.1 Å². The normalized spacial score (nSPS) is 21.8. The molecular formula is C27H28N2O5. The van der Waals surface area contributed by atoms with Crippen LogP contribution in [0.1, 0.15) is 42.7 Å². The van der Waals surface area contributed by atoms with Crippen molar-refractivity contribution in [2.45, 2.75) is 43.2 Å². The van der Waals surface area contributed by atoms with E-state index in [1.807, 2.05) is 36.4 Å². The Hall–Kier alpha value is -3.61. The minimum Gasteiger partial charge on any atom is -0.479 e. The van der Waals surface area contributed by atoms with Gasteiger partial charge in [-0.2, -0.15) is 0 Å². The molecule has 0 bridgehead atoms. The average Bonchev–Trinajstić information content (AvgIpc) is 3.61. The molecule has 0 radical (unpaired) electrons. The van der Waals surface area contributed by atoms with E-state index in [1.54, 1.807) is 7.05 Å². The number of carbonyl (C=O) groups is 3. The Balaban J connectivity index is 1.19. The van der Waals surface area contributed by atoms with Crippen molar-refractivity contribution in [3.8, 4) is 11.1 Å². The van der Waals surface area contributed by atoms with Crippen LogP contribution in [0.4, 0.5) is 4.79 Å². The fourth-order valence-corrected chi connectivity index (χ4v) is 5.28. The van der Waals surface area contributed by atoms with Crippen molar-refractivity contribution in [1.29, 1.82) is 0 Å². The molecule has 2 aromatic rings. The first-order valence-corrected chi connectivity index (χ1v) is 11.7. The molecule has 1 saturated carbocycles. The molecule has 2 amide bonds. The lowest BCUT2D eigenvalue weighted by Gasteiger charge is -2.31. The Kier molecular flexibility index (Phi) is 5.63. The Bertz CT molecular complexity index is 1120. The summed E-state index contributed by atoms with van der Waals surface area (Å²) in [7, 11) is 1.57. The molecule has 176 valence electrons. The van der Waals surface area contributed by atoms with Crippen molar-refractivity contribution < 1.29 is 24.2 Å². The largest absolute Gasteiger partial charge is 0.479 e. The van der Waals surface area contributed by atoms with Crippen LogP contribution in [0.25, 0.3) is 11.1 Å². The summed E-state index contributed by atoms with van der Waals surface area (Å²) in [6, 6.07) is 16.0. The zero-order valence-corrected chi connectivity index (χ0v) is 19.1. The third-order valence-electron chi connectivity index (χ3n) is 7.42. The highest BCUT2D eigenvalue weighted by Crippen LogP contribution is 2.45. The average molecular weight is 461 g/mol. The van der Waals surface area contributed by atoms with Crippen LogP contribution in [0.5, 0.6) is 0 Å². The summed E-state index contributed by atoms with van der Waals surface area (Å²) in [6.45, 7) is 0.225. The summed E-state index contributed by atoms with van der Waals surface area (Å²) in [5.74, 6) is -1.54. The molecule has 34 heavy (non-hydrogen) atoms. The van der Waals surface area contributed by atoms with Gasteiger partial charge in [0, 0.05) is 18.9 Å². The highest BCUT2D eigenvalue weighted by Gasteiger charge is 2.56. The predicted octanol–water partition coefficient (Wildman–Crippen LogP) is 3.94. The number of fused-ring (bicyclic) bond motifs is 3. The van der Waals surface area contributed by atoms with Crippen LogP contribution in [0.3, 0.4) is 0 Å². The van der Waals surface area contributed by atoms with Crippen molar-refractivity contribution in [2.75, 3.05) is 13.7 Å². The van der Waals surface area contributed by atoms with Crippen molar-refractivity contribution in [2.24, 2.45) is 5.92 Å². The number of carboxylic acids is 1. The number of benzene rings is 2. The zero-order valence-electron chi connectivity index (χ0n) is 19.1. The van der Waals surface area contributed by atoms with Gasteiger partial charge in [0.05, 0.1) is 6.04 Å². The second-order valence-corrected chi connectivity index (χ2v) is 9.41. The fraction of sp³-hybridized carbons (Fsp3) is 0.370. The third kappa shape index (κ3) is 3.85. The SMILES string of the molecule is CN(C(=O)C1CC=CC(NC(=O)OCC2c3ccccc3-c3ccccc32)C1)C1(C(=O)O)CC1. The number of hydrogen-bond acceptors (Lipinski definition) is 4. The molecule has 3 aliphatic rings. The van der Waals surface area contributed by atoms with E-state index in [4.69, 9.17) is 4.74 Å². The predicted molar refractivity (Wildman–Crippen MR) is 126 cm³/mol. The van der Waals surface area contributed by atoms with Crippen LogP contribution in [0, 0.1) is 5.92 Å². The molecule has 3 aliphatic carbocycles. The maximum absolute atomic E-state index is 12.9. The van der Waals surface area contributed by atoms with Crippen LogP contribution in [-0.4, -0.2) is 53.2 Å². The van der Waals surface area contributed by atoms with Crippen LogP contribution < -0.4 is 5.32 Å². The summed E-state index contributed by atoms with van der Waals surface area (Å²) in [5, 5.41) is 12.3. The number of amides is 2. The summed E-state index contributed by atoms with van der Waals surface area (Å²) in [5.41, 5.74) is 3.57. The van der Waals surface area contributed by atoms with Crippen molar-refractivity contribution in [1.82, 2.24) is 10.2 Å². The molecule has 2 atom stereocenters. The summed E-state index contributed by atoms with van der Waals surface area (Å²) >= 11 is 0. The monoisotopic (exact) mass is 460 g/mol. The molecule has 2 unspecified atom stereocenters. The molecule has 0 aliphatic heterocycles. The van der Waals surface area contributed by atoms with Gasteiger partial charge >= 0.3 is 12.1 Å². The minimum atomic E-state index is -1.06. The Morgan fingerprint density at radius 1 is 1.06 bits per heavy atom. The Morgan fingerprint density at radius 3 is 2.26 bits per heavy atom. The van der Waals surface area contributed by atoms with Gasteiger partial charge in [0.1, 0.15) is 12.1 Å². The van der Waals surface area contributed by atoms with Gasteiger partial charge in [-0.05, 0) is 47.9 Å². The highest BCUT2D eigenvalue weighted by atomic mass is 16.5. The van der Waals surface area contributed by atoms with E-state index in [-0.39, 0.29) is 30.4 Å². The molecule has 2 aromatic carbocycles. The van der Waals surface area contributed by atoms with E-state index in [0.717, 1.165) is 11.1 Å². The number of rotatable bonds is 6. The molecule has 7 nitrogen and oxygen atoms in total. The van der Waals surface area contributed by atoms with Crippen LogP contribution in [0.2, 0.25) is 0 Å². The summed E-state index contributed by atoms with van der Waals surface area (Å²) < 4.78 is 5.62. The second-order valence-electron chi connectivity index (χ2n) is 9.41. The van der Waals surface area contributed by atoms with Gasteiger partial charge in [-0.3, -0.25) is 4.79 Å². The Labute approximate surface area is 198 Å². The lowest BCUT2D eigenvalue weighted by molar-refractivity contribution is -0.152. The lowest BCUT2D eigenvalue weighted by atomic mass is 9.89. The van der Waals surface area contributed by atoms with Crippen molar-refractivity contribution in [3.63, 3.8) is 0 Å². The van der Waals surface area contributed by atoms with E-state index in [1.165, 1.54) is 16.0 Å². The van der Waals surface area contributed by atoms with Crippen LogP contribution in [-0.2, 0) is 14.3 Å². The summed E-state index contributed by atoms with van der Waals surface area (Å²) in [4.78, 5) is 38.5. The number of carboxylic acid groups (broad SMARTS) is 1. The molecule has 1 fully saturated rings. The number of likely N-dealkylation sites (N-methyl/N-ethyl adjacent to an activating group) is 1. The number of hydrogen-bond donors (Lipinski definition) is 2. The number of nitrogens with zero attached hydrogens (tertiary/aromatic N) is 1. The van der Waals surface area contributed by atoms with Gasteiger partial charge in [0.15, 0.2) is 0 Å². The Morgan fingerprint density at radius 2 is 1.68 bits per heavy atom. The number of aliphatic carboxylic acids is 1. The van der Waals surface area contributed by atoms with Crippen molar-refractivity contribution in [3.05, 3.63) is 71.8 Å². The number of alkyl carbamates (subject to hydrolysis) is 1. The third-order valence-corrected chi connectivity index (χ3v) is 7.42. The molecule has 0 spiro atoms. The van der Waals surface area contributed by atoms with E-state index in [2.05, 4.69) is 29.6 Å². The van der Waals surface area contributed by atoms with E-state index in [0.29, 0.717) is 25.7 Å². The molecule has 7 heteroatoms. The lowest BCUT2D eigenvalue weighted by Crippen LogP contribution is -2.48. The quantitative estimate of drug-likeness (QED) is 0.637. The number of nitrogens with one attached hydrogen (secondary N) is 1. The molecule has 0 heterocycles. The fourth-order valence-electron chi connectivity index (χ4n) is 5.28. The van der Waals surface area contributed by atoms with Gasteiger partial charge in [-0.1, -0.05) is 60.7 Å². The van der Waals surface area contributed by atoms with E-state index >= 15 is 0 Å². The first-order valence-electron chi connectivity index (χ1n) is 11.7. The number of carbonyl (C=O) groups excluding carboxylic acids is 2. The zero-order chi connectivity index (χ0) is 23.9. The first kappa shape index (κ1) is 22.2. The maximum atomic E-state index is 12.9. The first-order chi connectivity index (χ1) is 16.4. The van der Waals surface area contributed by atoms with Gasteiger partial charge in [-0.15, -0.1) is 0 Å². The van der Waals surface area contributed by atoms with Gasteiger partial charge in [0.25, 0.3) is 0 Å². The highest BCUT2D eigenvalue weighted by molar-refractivity contribution is 5.90. The topological polar surface area (TPSA) is 95.9 Å². The van der Waals surface area contributed by atoms with Crippen LogP contribution >= 0.6 is 0 Å². The molecular weight excluding hydrogens is 432 g/mol. The molecule has 2 N–H and O–H groups in total. The standard InChI is InChI=1S/C27H28N2O5/c1-29(27(13-14-27)25(31)32)24(30)17-7-6-8-18(15-17)28-26(33)34-16-23-21-11-4-2-9-19(21)20-10-3-5-12-22(20)23/h2-6,8-12,17-18,23H,7,13-16H2,1H3,(H,28,33)(H,31,32). The molecule has 0 aromatic heterocycles. The van der Waals surface area contributed by atoms with Crippen molar-refractivity contribution >= 4 is 18.0 Å². The molecule has 0 saturated heterocycles. The smallest absolute Gasteiger partial charge is 0.407 e. The van der Waals surface area contributed by atoms with E-state index in [9.17, 15) is 19.5 Å². The van der Waals surface area contributed by atoms with Gasteiger partial charge in [0.2, 0.25) is 5.91 Å². The van der Waals surface area contributed by atoms with Gasteiger partial charge in [-0.25, -0.2) is 9.59 Å². The maximum Gasteiger partial charge on any atom is 0.407 e. The van der Waals surface area contributed by atoms with Crippen LogP contribution in [0.15, 0.2) is 60.7 Å². The molecule has 5 rings (SSSR count). The number of allylic oxidation sites excluding steroid dienone is 1. The number of ether oxygens (including phenoxy) is 1.